The number of amides is 2. The molecular weight excluding hydrogens is 306 g/mol. The van der Waals surface area contributed by atoms with Crippen molar-refractivity contribution in [1.29, 1.82) is 0 Å². The van der Waals surface area contributed by atoms with Crippen LogP contribution in [0.3, 0.4) is 0 Å². The highest BCUT2D eigenvalue weighted by Gasteiger charge is 2.36. The quantitative estimate of drug-likeness (QED) is 0.409. The molecule has 0 bridgehead atoms. The van der Waals surface area contributed by atoms with Crippen LogP contribution in [0.4, 0.5) is 0 Å². The van der Waals surface area contributed by atoms with Crippen LogP contribution in [0.15, 0.2) is 12.7 Å². The van der Waals surface area contributed by atoms with Gasteiger partial charge in [0, 0.05) is 6.54 Å². The average molecular weight is 335 g/mol. The molecule has 0 aromatic carbocycles. The molecule has 3 atom stereocenters. The molecular formula is C18H29N3O3. The fraction of sp³-hybridized carbons (Fsp3) is 0.722. The van der Waals surface area contributed by atoms with E-state index in [4.69, 9.17) is 0 Å². The molecule has 1 aliphatic carbocycles. The lowest BCUT2D eigenvalue weighted by Gasteiger charge is -2.19. The van der Waals surface area contributed by atoms with E-state index >= 15 is 0 Å². The van der Waals surface area contributed by atoms with Gasteiger partial charge in [-0.15, -0.1) is 6.58 Å². The zero-order valence-electron chi connectivity index (χ0n) is 14.5. The van der Waals surface area contributed by atoms with Crippen LogP contribution in [0.1, 0.15) is 45.4 Å². The lowest BCUT2D eigenvalue weighted by molar-refractivity contribution is -0.140. The summed E-state index contributed by atoms with van der Waals surface area (Å²) < 4.78 is 0. The van der Waals surface area contributed by atoms with E-state index in [1.54, 1.807) is 0 Å². The number of nitrogens with one attached hydrogen (secondary N) is 3. The number of Topliss-reactive ketones (excluding diaryl/α,β-unsaturated/α-hetero) is 1. The highest BCUT2D eigenvalue weighted by atomic mass is 16.2. The maximum Gasteiger partial charge on any atom is 0.289 e. The molecule has 2 aliphatic rings. The van der Waals surface area contributed by atoms with Crippen molar-refractivity contribution in [2.75, 3.05) is 13.1 Å². The Balaban J connectivity index is 1.90. The summed E-state index contributed by atoms with van der Waals surface area (Å²) in [5.74, 6) is -0.413. The van der Waals surface area contributed by atoms with Gasteiger partial charge in [-0.05, 0) is 37.6 Å². The molecule has 2 rings (SSSR count). The van der Waals surface area contributed by atoms with Gasteiger partial charge in [0.2, 0.25) is 11.7 Å². The molecule has 0 aromatic heterocycles. The van der Waals surface area contributed by atoms with Crippen molar-refractivity contribution in [1.82, 2.24) is 16.0 Å². The van der Waals surface area contributed by atoms with E-state index in [2.05, 4.69) is 29.5 Å². The van der Waals surface area contributed by atoms with Crippen LogP contribution in [-0.2, 0) is 14.4 Å². The van der Waals surface area contributed by atoms with Crippen molar-refractivity contribution in [3.63, 3.8) is 0 Å². The van der Waals surface area contributed by atoms with E-state index < -0.39 is 17.7 Å². The van der Waals surface area contributed by atoms with Crippen molar-refractivity contribution in [2.45, 2.75) is 57.5 Å². The van der Waals surface area contributed by atoms with Gasteiger partial charge >= 0.3 is 0 Å². The standard InChI is InChI=1S/C18H29N3O3/c1-3-5-13-10-15(20-11-13)17(23)21-14(9-12-6-7-12)16(22)18(24)19-8-4-2/h4,12-15,20H,2-3,5-11H2,1H3,(H,19,24)(H,21,23)/t13-,14+,15+/m1/s1. The second kappa shape index (κ2) is 8.97. The van der Waals surface area contributed by atoms with Crippen LogP contribution in [-0.4, -0.2) is 42.8 Å². The van der Waals surface area contributed by atoms with E-state index in [0.717, 1.165) is 38.6 Å². The molecule has 1 saturated carbocycles. The normalized spacial score (nSPS) is 24.2. The molecule has 3 N–H and O–H groups in total. The van der Waals surface area contributed by atoms with Gasteiger partial charge < -0.3 is 16.0 Å². The molecule has 6 heteroatoms. The summed E-state index contributed by atoms with van der Waals surface area (Å²) in [7, 11) is 0. The predicted octanol–water partition coefficient (Wildman–Crippen LogP) is 0.921. The van der Waals surface area contributed by atoms with Crippen molar-refractivity contribution >= 4 is 17.6 Å². The third-order valence-electron chi connectivity index (χ3n) is 4.77. The summed E-state index contributed by atoms with van der Waals surface area (Å²) in [6.07, 6.45) is 7.21. The zero-order chi connectivity index (χ0) is 17.5. The molecule has 24 heavy (non-hydrogen) atoms. The first-order valence-corrected chi connectivity index (χ1v) is 9.01. The Kier molecular flexibility index (Phi) is 6.97. The van der Waals surface area contributed by atoms with Gasteiger partial charge in [-0.2, -0.15) is 0 Å². The van der Waals surface area contributed by atoms with Gasteiger partial charge in [0.25, 0.3) is 5.91 Å². The first-order chi connectivity index (χ1) is 11.5. The molecule has 1 saturated heterocycles. The smallest absolute Gasteiger partial charge is 0.289 e. The number of rotatable bonds is 10. The van der Waals surface area contributed by atoms with Gasteiger partial charge in [-0.3, -0.25) is 14.4 Å². The maximum absolute atomic E-state index is 12.5. The monoisotopic (exact) mass is 335 g/mol. The summed E-state index contributed by atoms with van der Waals surface area (Å²) in [4.78, 5) is 36.7. The maximum atomic E-state index is 12.5. The van der Waals surface area contributed by atoms with Gasteiger partial charge in [-0.25, -0.2) is 0 Å². The Morgan fingerprint density at radius 3 is 2.67 bits per heavy atom. The van der Waals surface area contributed by atoms with Gasteiger partial charge in [-0.1, -0.05) is 32.3 Å². The molecule has 1 aliphatic heterocycles. The Bertz CT molecular complexity index is 488. The molecule has 0 spiro atoms. The SMILES string of the molecule is C=CCNC(=O)C(=O)[C@H](CC1CC1)NC(=O)[C@@H]1C[C@@H](CCC)CN1. The average Bonchev–Trinajstić information content (AvgIpc) is 3.26. The minimum atomic E-state index is -0.721. The Hall–Kier alpha value is -1.69. The minimum absolute atomic E-state index is 0.163. The first kappa shape index (κ1) is 18.6. The van der Waals surface area contributed by atoms with Crippen LogP contribution < -0.4 is 16.0 Å². The Labute approximate surface area is 143 Å². The molecule has 0 aromatic rings. The van der Waals surface area contributed by atoms with Gasteiger partial charge in [0.1, 0.15) is 0 Å². The number of carbonyl (C=O) groups excluding carboxylic acids is 3. The van der Waals surface area contributed by atoms with Crippen LogP contribution >= 0.6 is 0 Å². The van der Waals surface area contributed by atoms with Crippen LogP contribution in [0.25, 0.3) is 0 Å². The topological polar surface area (TPSA) is 87.3 Å². The largest absolute Gasteiger partial charge is 0.346 e. The first-order valence-electron chi connectivity index (χ1n) is 9.01. The van der Waals surface area contributed by atoms with E-state index in [1.165, 1.54) is 6.08 Å². The molecule has 2 amide bonds. The molecule has 0 unspecified atom stereocenters. The fourth-order valence-corrected chi connectivity index (χ4v) is 3.24. The fourth-order valence-electron chi connectivity index (χ4n) is 3.24. The van der Waals surface area contributed by atoms with Crippen molar-refractivity contribution in [3.8, 4) is 0 Å². The summed E-state index contributed by atoms with van der Waals surface area (Å²) in [6, 6.07) is -0.978. The number of ketones is 1. The number of carbonyl (C=O) groups is 3. The third-order valence-corrected chi connectivity index (χ3v) is 4.77. The van der Waals surface area contributed by atoms with Crippen LogP contribution in [0, 0.1) is 11.8 Å². The highest BCUT2D eigenvalue weighted by molar-refractivity contribution is 6.38. The highest BCUT2D eigenvalue weighted by Crippen LogP contribution is 2.33. The number of hydrogen-bond donors (Lipinski definition) is 3. The predicted molar refractivity (Wildman–Crippen MR) is 92.3 cm³/mol. The molecule has 6 nitrogen and oxygen atoms in total. The lowest BCUT2D eigenvalue weighted by atomic mass is 9.99. The van der Waals surface area contributed by atoms with Crippen LogP contribution in [0.5, 0.6) is 0 Å². The summed E-state index contributed by atoms with van der Waals surface area (Å²) in [6.45, 7) is 6.74. The second-order valence-corrected chi connectivity index (χ2v) is 6.95. The van der Waals surface area contributed by atoms with E-state index in [1.807, 2.05) is 0 Å². The van der Waals surface area contributed by atoms with Gasteiger partial charge in [0.15, 0.2) is 0 Å². The molecule has 134 valence electrons. The van der Waals surface area contributed by atoms with Crippen molar-refractivity contribution in [3.05, 3.63) is 12.7 Å². The summed E-state index contributed by atoms with van der Waals surface area (Å²) in [5, 5.41) is 8.54. The van der Waals surface area contributed by atoms with E-state index in [-0.39, 0.29) is 18.5 Å². The van der Waals surface area contributed by atoms with E-state index in [9.17, 15) is 14.4 Å². The van der Waals surface area contributed by atoms with E-state index in [0.29, 0.717) is 18.3 Å². The molecule has 1 heterocycles. The molecule has 0 radical (unpaired) electrons. The zero-order valence-corrected chi connectivity index (χ0v) is 14.5. The van der Waals surface area contributed by atoms with Crippen molar-refractivity contribution < 1.29 is 14.4 Å². The second-order valence-electron chi connectivity index (χ2n) is 6.95. The minimum Gasteiger partial charge on any atom is -0.346 e. The summed E-state index contributed by atoms with van der Waals surface area (Å²) >= 11 is 0. The molecule has 2 fully saturated rings. The Morgan fingerprint density at radius 2 is 2.04 bits per heavy atom. The Morgan fingerprint density at radius 1 is 1.29 bits per heavy atom. The number of hydrogen-bond acceptors (Lipinski definition) is 4. The van der Waals surface area contributed by atoms with Gasteiger partial charge in [0.05, 0.1) is 12.1 Å². The van der Waals surface area contributed by atoms with Crippen molar-refractivity contribution in [2.24, 2.45) is 11.8 Å². The lowest BCUT2D eigenvalue weighted by Crippen LogP contribution is -2.52. The summed E-state index contributed by atoms with van der Waals surface area (Å²) in [5.41, 5.74) is 0. The third kappa shape index (κ3) is 5.44. The van der Waals surface area contributed by atoms with Crippen LogP contribution in [0.2, 0.25) is 0 Å².